The number of hydrogen-bond donors (Lipinski definition) is 0. The van der Waals surface area contributed by atoms with E-state index in [0.29, 0.717) is 35.3 Å². The summed E-state index contributed by atoms with van der Waals surface area (Å²) in [5.41, 5.74) is 0.534. The number of nitrogens with zero attached hydrogens (tertiary/aromatic N) is 3. The molecule has 1 aromatic carbocycles. The summed E-state index contributed by atoms with van der Waals surface area (Å²) in [6.07, 6.45) is 1.77. The van der Waals surface area contributed by atoms with Gasteiger partial charge in [0.2, 0.25) is 0 Å². The molecule has 2 heterocycles. The molecular weight excluding hydrogens is 340 g/mol. The summed E-state index contributed by atoms with van der Waals surface area (Å²) < 4.78 is 24.6. The van der Waals surface area contributed by atoms with E-state index in [1.807, 2.05) is 5.38 Å². The lowest BCUT2D eigenvalue weighted by molar-refractivity contribution is 0.0746. The molecule has 3 rings (SSSR count). The minimum Gasteiger partial charge on any atom is -0.345 e. The van der Waals surface area contributed by atoms with E-state index in [0.717, 1.165) is 18.2 Å². The molecule has 0 unspecified atom stereocenters. The third-order valence-corrected chi connectivity index (χ3v) is 5.14. The normalized spacial score (nSPS) is 15.3. The summed E-state index contributed by atoms with van der Waals surface area (Å²) in [7, 11) is 0. The summed E-state index contributed by atoms with van der Waals surface area (Å²) in [6.45, 7) is 2.76. The van der Waals surface area contributed by atoms with E-state index in [-0.39, 0.29) is 5.91 Å². The van der Waals surface area contributed by atoms with Gasteiger partial charge in [-0.05, 0) is 24.3 Å². The van der Waals surface area contributed by atoms with E-state index in [9.17, 15) is 13.6 Å². The van der Waals surface area contributed by atoms with Crippen LogP contribution in [-0.4, -0.2) is 47.7 Å². The van der Waals surface area contributed by atoms with Crippen LogP contribution < -0.4 is 4.90 Å². The molecule has 0 spiro atoms. The monoisotopic (exact) mass is 355 g/mol. The molecule has 0 N–H and O–H groups in total. The predicted octanol–water partition coefficient (Wildman–Crippen LogP) is 3.42. The molecule has 1 aliphatic rings. The Morgan fingerprint density at radius 3 is 2.43 bits per heavy atom. The van der Waals surface area contributed by atoms with E-state index in [4.69, 9.17) is 0 Å². The molecule has 1 aromatic heterocycles. The molecule has 1 saturated heterocycles. The fourth-order valence-electron chi connectivity index (χ4n) is 2.43. The van der Waals surface area contributed by atoms with Gasteiger partial charge in [0.25, 0.3) is 11.7 Å². The predicted molar refractivity (Wildman–Crippen MR) is 88.5 cm³/mol. The second kappa shape index (κ2) is 7.27. The first-order valence-corrected chi connectivity index (χ1v) is 8.88. The Bertz CT molecular complexity index is 641. The highest BCUT2D eigenvalue weighted by atomic mass is 32.2. The van der Waals surface area contributed by atoms with Crippen LogP contribution >= 0.6 is 23.1 Å². The summed E-state index contributed by atoms with van der Waals surface area (Å²) >= 11 is 2.07. The number of carbonyl (C=O) groups excluding carboxylic acids is 1. The molecule has 1 aliphatic heterocycles. The molecule has 1 amide bonds. The van der Waals surface area contributed by atoms with Crippen molar-refractivity contribution in [3.05, 3.63) is 41.4 Å². The average molecular weight is 355 g/mol. The zero-order valence-electron chi connectivity index (χ0n) is 12.2. The maximum atomic E-state index is 12.5. The number of piperazine rings is 1. The van der Waals surface area contributed by atoms with Gasteiger partial charge in [-0.25, -0.2) is 4.98 Å². The van der Waals surface area contributed by atoms with E-state index in [1.165, 1.54) is 0 Å². The quantitative estimate of drug-likeness (QED) is 0.788. The molecule has 0 atom stereocenters. The number of aromatic nitrogens is 1. The number of alkyl halides is 2. The smallest absolute Gasteiger partial charge is 0.288 e. The van der Waals surface area contributed by atoms with Crippen LogP contribution in [0.2, 0.25) is 0 Å². The second-order valence-corrected chi connectivity index (χ2v) is 6.93. The van der Waals surface area contributed by atoms with E-state index < -0.39 is 5.76 Å². The second-order valence-electron chi connectivity index (χ2n) is 5.00. The third-order valence-electron chi connectivity index (χ3n) is 3.58. The van der Waals surface area contributed by atoms with Gasteiger partial charge < -0.3 is 9.80 Å². The van der Waals surface area contributed by atoms with Gasteiger partial charge in [-0.1, -0.05) is 11.8 Å². The van der Waals surface area contributed by atoms with Gasteiger partial charge in [0.1, 0.15) is 0 Å². The fraction of sp³-hybridized carbons (Fsp3) is 0.333. The molecule has 0 radical (unpaired) electrons. The minimum absolute atomic E-state index is 0.0580. The number of thiazole rings is 1. The van der Waals surface area contributed by atoms with Gasteiger partial charge in [0, 0.05) is 48.2 Å². The van der Waals surface area contributed by atoms with Crippen LogP contribution in [0.15, 0.2) is 40.7 Å². The van der Waals surface area contributed by atoms with Gasteiger partial charge in [-0.15, -0.1) is 11.3 Å². The van der Waals surface area contributed by atoms with Crippen molar-refractivity contribution in [2.75, 3.05) is 31.1 Å². The summed E-state index contributed by atoms with van der Waals surface area (Å²) in [5, 5.41) is 2.91. The lowest BCUT2D eigenvalue weighted by Crippen LogP contribution is -2.48. The number of amides is 1. The number of anilines is 1. The van der Waals surface area contributed by atoms with Crippen molar-refractivity contribution in [1.82, 2.24) is 9.88 Å². The SMILES string of the molecule is O=C(c1ccc(SC(F)F)cc1)N1CCN(c2nccs2)CC1. The van der Waals surface area contributed by atoms with Crippen molar-refractivity contribution in [3.63, 3.8) is 0 Å². The van der Waals surface area contributed by atoms with Crippen molar-refractivity contribution >= 4 is 34.1 Å². The molecule has 0 aliphatic carbocycles. The molecule has 8 heteroatoms. The number of halogens is 2. The molecule has 1 fully saturated rings. The number of hydrogen-bond acceptors (Lipinski definition) is 5. The molecule has 2 aromatic rings. The molecule has 23 heavy (non-hydrogen) atoms. The number of rotatable bonds is 4. The minimum atomic E-state index is -2.45. The Labute approximate surface area is 141 Å². The van der Waals surface area contributed by atoms with Crippen molar-refractivity contribution in [1.29, 1.82) is 0 Å². The van der Waals surface area contributed by atoms with Crippen LogP contribution in [0.25, 0.3) is 0 Å². The maximum Gasteiger partial charge on any atom is 0.288 e. The number of carbonyl (C=O) groups is 1. The van der Waals surface area contributed by atoms with Gasteiger partial charge in [-0.3, -0.25) is 4.79 Å². The lowest BCUT2D eigenvalue weighted by Gasteiger charge is -2.34. The van der Waals surface area contributed by atoms with Crippen LogP contribution in [0.3, 0.4) is 0 Å². The first kappa shape index (κ1) is 16.2. The highest BCUT2D eigenvalue weighted by molar-refractivity contribution is 7.99. The largest absolute Gasteiger partial charge is 0.345 e. The highest BCUT2D eigenvalue weighted by Crippen LogP contribution is 2.25. The molecule has 4 nitrogen and oxygen atoms in total. The first-order chi connectivity index (χ1) is 11.1. The van der Waals surface area contributed by atoms with Crippen molar-refractivity contribution in [3.8, 4) is 0 Å². The molecule has 0 bridgehead atoms. The fourth-order valence-corrected chi connectivity index (χ4v) is 3.63. The zero-order chi connectivity index (χ0) is 16.2. The standard InChI is InChI=1S/C15H15F2N3OS2/c16-14(17)23-12-3-1-11(2-4-12)13(21)19-6-8-20(9-7-19)15-18-5-10-22-15/h1-5,10,14H,6-9H2. The molecular formula is C15H15F2N3OS2. The van der Waals surface area contributed by atoms with E-state index >= 15 is 0 Å². The summed E-state index contributed by atoms with van der Waals surface area (Å²) in [5.74, 6) is -2.51. The van der Waals surface area contributed by atoms with E-state index in [1.54, 1.807) is 46.7 Å². The lowest BCUT2D eigenvalue weighted by atomic mass is 10.2. The van der Waals surface area contributed by atoms with Gasteiger partial charge in [-0.2, -0.15) is 8.78 Å². The van der Waals surface area contributed by atoms with Crippen LogP contribution in [0, 0.1) is 0 Å². The average Bonchev–Trinajstić information content (AvgIpc) is 3.09. The van der Waals surface area contributed by atoms with Gasteiger partial charge >= 0.3 is 0 Å². The Morgan fingerprint density at radius 2 is 1.87 bits per heavy atom. The Kier molecular flexibility index (Phi) is 5.12. The topological polar surface area (TPSA) is 36.4 Å². The van der Waals surface area contributed by atoms with Crippen molar-refractivity contribution in [2.45, 2.75) is 10.7 Å². The maximum absolute atomic E-state index is 12.5. The molecule has 122 valence electrons. The van der Waals surface area contributed by atoms with Crippen LogP contribution in [0.4, 0.5) is 13.9 Å². The Morgan fingerprint density at radius 1 is 1.17 bits per heavy atom. The van der Waals surface area contributed by atoms with Crippen LogP contribution in [0.5, 0.6) is 0 Å². The third kappa shape index (κ3) is 4.00. The Hall–Kier alpha value is -1.67. The van der Waals surface area contributed by atoms with Crippen molar-refractivity contribution in [2.24, 2.45) is 0 Å². The first-order valence-electron chi connectivity index (χ1n) is 7.12. The van der Waals surface area contributed by atoms with E-state index in [2.05, 4.69) is 9.88 Å². The van der Waals surface area contributed by atoms with Crippen molar-refractivity contribution < 1.29 is 13.6 Å². The van der Waals surface area contributed by atoms with Gasteiger partial charge in [0.05, 0.1) is 0 Å². The zero-order valence-corrected chi connectivity index (χ0v) is 13.8. The van der Waals surface area contributed by atoms with Crippen LogP contribution in [0.1, 0.15) is 10.4 Å². The number of benzene rings is 1. The number of thioether (sulfide) groups is 1. The summed E-state index contributed by atoms with van der Waals surface area (Å²) in [6, 6.07) is 6.35. The Balaban J connectivity index is 1.58. The summed E-state index contributed by atoms with van der Waals surface area (Å²) in [4.78, 5) is 21.2. The van der Waals surface area contributed by atoms with Gasteiger partial charge in [0.15, 0.2) is 5.13 Å². The molecule has 0 saturated carbocycles. The highest BCUT2D eigenvalue weighted by Gasteiger charge is 2.23. The van der Waals surface area contributed by atoms with Crippen LogP contribution in [-0.2, 0) is 0 Å².